The summed E-state index contributed by atoms with van der Waals surface area (Å²) in [4.78, 5) is 11.3. The van der Waals surface area contributed by atoms with Crippen molar-refractivity contribution in [2.75, 3.05) is 0 Å². The fourth-order valence-corrected chi connectivity index (χ4v) is 1.58. The van der Waals surface area contributed by atoms with Crippen LogP contribution in [0.1, 0.15) is 48.2 Å². The predicted octanol–water partition coefficient (Wildman–Crippen LogP) is 3.54. The van der Waals surface area contributed by atoms with Crippen LogP contribution in [0.25, 0.3) is 0 Å². The molecule has 0 aromatic heterocycles. The van der Waals surface area contributed by atoms with Gasteiger partial charge in [-0.3, -0.25) is 4.79 Å². The van der Waals surface area contributed by atoms with Gasteiger partial charge in [0.2, 0.25) is 0 Å². The Bertz CT molecular complexity index is 326. The third kappa shape index (κ3) is 2.69. The zero-order valence-electron chi connectivity index (χ0n) is 9.26. The number of aryl methyl sites for hydroxylation is 2. The fraction of sp³-hybridized carbons (Fsp3) is 0.462. The van der Waals surface area contributed by atoms with Gasteiger partial charge in [-0.25, -0.2) is 0 Å². The van der Waals surface area contributed by atoms with Crippen LogP contribution in [-0.2, 0) is 6.42 Å². The van der Waals surface area contributed by atoms with Crippen LogP contribution >= 0.6 is 0 Å². The maximum atomic E-state index is 11.3. The molecule has 0 bridgehead atoms. The molecular weight excluding hydrogens is 172 g/mol. The van der Waals surface area contributed by atoms with E-state index in [0.29, 0.717) is 0 Å². The molecule has 0 heterocycles. The summed E-state index contributed by atoms with van der Waals surface area (Å²) in [5.74, 6) is 0.167. The van der Waals surface area contributed by atoms with Gasteiger partial charge in [0.05, 0.1) is 0 Å². The smallest absolute Gasteiger partial charge is 0.160 e. The first-order valence-corrected chi connectivity index (χ1v) is 5.25. The van der Waals surface area contributed by atoms with Crippen molar-refractivity contribution in [3.05, 3.63) is 34.9 Å². The number of unbranched alkanes of at least 4 members (excludes halogenated alkanes) is 1. The molecule has 76 valence electrons. The third-order valence-electron chi connectivity index (χ3n) is 2.50. The summed E-state index contributed by atoms with van der Waals surface area (Å²) >= 11 is 0. The second-order valence-electron chi connectivity index (χ2n) is 3.81. The highest BCUT2D eigenvalue weighted by molar-refractivity contribution is 5.95. The second-order valence-corrected chi connectivity index (χ2v) is 3.81. The van der Waals surface area contributed by atoms with Crippen LogP contribution < -0.4 is 0 Å². The lowest BCUT2D eigenvalue weighted by Crippen LogP contribution is -1.98. The van der Waals surface area contributed by atoms with Crippen LogP contribution in [-0.4, -0.2) is 5.78 Å². The molecule has 0 aliphatic carbocycles. The van der Waals surface area contributed by atoms with Crippen molar-refractivity contribution in [1.29, 1.82) is 0 Å². The Kier molecular flexibility index (Phi) is 3.87. The van der Waals surface area contributed by atoms with E-state index < -0.39 is 0 Å². The molecule has 14 heavy (non-hydrogen) atoms. The van der Waals surface area contributed by atoms with Gasteiger partial charge in [-0.05, 0) is 43.9 Å². The lowest BCUT2D eigenvalue weighted by atomic mass is 9.99. The van der Waals surface area contributed by atoms with E-state index in [1.165, 1.54) is 18.4 Å². The molecule has 0 saturated carbocycles. The minimum Gasteiger partial charge on any atom is -0.295 e. The minimum atomic E-state index is 0.167. The normalized spacial score (nSPS) is 10.2. The third-order valence-corrected chi connectivity index (χ3v) is 2.50. The zero-order chi connectivity index (χ0) is 10.6. The topological polar surface area (TPSA) is 17.1 Å². The maximum absolute atomic E-state index is 11.3. The Morgan fingerprint density at radius 3 is 2.64 bits per heavy atom. The standard InChI is InChI=1S/C13H18O/c1-4-5-6-12-8-7-10(2)13(9-12)11(3)14/h7-9H,4-6H2,1-3H3. The van der Waals surface area contributed by atoms with Crippen LogP contribution in [0.15, 0.2) is 18.2 Å². The Hall–Kier alpha value is -1.11. The molecule has 0 fully saturated rings. The van der Waals surface area contributed by atoms with Gasteiger partial charge in [-0.15, -0.1) is 0 Å². The van der Waals surface area contributed by atoms with Gasteiger partial charge in [0.15, 0.2) is 5.78 Å². The van der Waals surface area contributed by atoms with Gasteiger partial charge in [-0.1, -0.05) is 25.5 Å². The summed E-state index contributed by atoms with van der Waals surface area (Å²) < 4.78 is 0. The molecule has 1 aromatic carbocycles. The number of rotatable bonds is 4. The van der Waals surface area contributed by atoms with E-state index in [1.807, 2.05) is 19.1 Å². The molecule has 0 atom stereocenters. The van der Waals surface area contributed by atoms with Crippen LogP contribution in [0.2, 0.25) is 0 Å². The lowest BCUT2D eigenvalue weighted by molar-refractivity contribution is 0.101. The van der Waals surface area contributed by atoms with Crippen molar-refractivity contribution in [3.8, 4) is 0 Å². The number of benzene rings is 1. The first-order valence-electron chi connectivity index (χ1n) is 5.25. The first kappa shape index (κ1) is 11.0. The Balaban J connectivity index is 2.89. The second kappa shape index (κ2) is 4.94. The largest absolute Gasteiger partial charge is 0.295 e. The highest BCUT2D eigenvalue weighted by Crippen LogP contribution is 2.13. The van der Waals surface area contributed by atoms with E-state index in [0.717, 1.165) is 17.5 Å². The highest BCUT2D eigenvalue weighted by Gasteiger charge is 2.04. The van der Waals surface area contributed by atoms with Gasteiger partial charge in [0.1, 0.15) is 0 Å². The van der Waals surface area contributed by atoms with Crippen molar-refractivity contribution in [3.63, 3.8) is 0 Å². The van der Waals surface area contributed by atoms with Gasteiger partial charge in [0, 0.05) is 5.56 Å². The summed E-state index contributed by atoms with van der Waals surface area (Å²) in [5.41, 5.74) is 3.24. The number of ketones is 1. The predicted molar refractivity (Wildman–Crippen MR) is 59.8 cm³/mol. The monoisotopic (exact) mass is 190 g/mol. The molecule has 1 heteroatoms. The molecule has 0 spiro atoms. The lowest BCUT2D eigenvalue weighted by Gasteiger charge is -2.05. The molecule has 0 radical (unpaired) electrons. The molecule has 0 aliphatic rings. The van der Waals surface area contributed by atoms with Crippen molar-refractivity contribution < 1.29 is 4.79 Å². The molecule has 1 rings (SSSR count). The van der Waals surface area contributed by atoms with Crippen LogP contribution in [0, 0.1) is 6.92 Å². The summed E-state index contributed by atoms with van der Waals surface area (Å²) in [6, 6.07) is 6.20. The Morgan fingerprint density at radius 2 is 2.07 bits per heavy atom. The molecule has 0 unspecified atom stereocenters. The maximum Gasteiger partial charge on any atom is 0.160 e. The number of hydrogen-bond donors (Lipinski definition) is 0. The molecule has 1 aromatic rings. The minimum absolute atomic E-state index is 0.167. The first-order chi connectivity index (χ1) is 6.65. The fourth-order valence-electron chi connectivity index (χ4n) is 1.58. The molecule has 0 N–H and O–H groups in total. The quantitative estimate of drug-likeness (QED) is 0.664. The summed E-state index contributed by atoms with van der Waals surface area (Å²) in [5, 5.41) is 0. The van der Waals surface area contributed by atoms with E-state index in [1.54, 1.807) is 6.92 Å². The van der Waals surface area contributed by atoms with Crippen LogP contribution in [0.3, 0.4) is 0 Å². The van der Waals surface area contributed by atoms with E-state index in [2.05, 4.69) is 13.0 Å². The van der Waals surface area contributed by atoms with E-state index in [-0.39, 0.29) is 5.78 Å². The van der Waals surface area contributed by atoms with Gasteiger partial charge >= 0.3 is 0 Å². The Morgan fingerprint density at radius 1 is 1.36 bits per heavy atom. The average Bonchev–Trinajstić information content (AvgIpc) is 2.16. The van der Waals surface area contributed by atoms with Gasteiger partial charge < -0.3 is 0 Å². The van der Waals surface area contributed by atoms with Crippen LogP contribution in [0.5, 0.6) is 0 Å². The van der Waals surface area contributed by atoms with Crippen molar-refractivity contribution >= 4 is 5.78 Å². The van der Waals surface area contributed by atoms with E-state index >= 15 is 0 Å². The van der Waals surface area contributed by atoms with Gasteiger partial charge in [0.25, 0.3) is 0 Å². The highest BCUT2D eigenvalue weighted by atomic mass is 16.1. The molecule has 1 nitrogen and oxygen atoms in total. The van der Waals surface area contributed by atoms with Crippen molar-refractivity contribution in [1.82, 2.24) is 0 Å². The van der Waals surface area contributed by atoms with Crippen molar-refractivity contribution in [2.24, 2.45) is 0 Å². The number of carbonyl (C=O) groups excluding carboxylic acids is 1. The summed E-state index contributed by atoms with van der Waals surface area (Å²) in [6.07, 6.45) is 3.47. The number of Topliss-reactive ketones (excluding diaryl/α,β-unsaturated/α-hetero) is 1. The molecule has 0 saturated heterocycles. The summed E-state index contributed by atoms with van der Waals surface area (Å²) in [7, 11) is 0. The Labute approximate surface area is 86.1 Å². The van der Waals surface area contributed by atoms with Gasteiger partial charge in [-0.2, -0.15) is 0 Å². The van der Waals surface area contributed by atoms with Crippen molar-refractivity contribution in [2.45, 2.75) is 40.0 Å². The molecule has 0 amide bonds. The van der Waals surface area contributed by atoms with E-state index in [9.17, 15) is 4.79 Å². The number of hydrogen-bond acceptors (Lipinski definition) is 1. The van der Waals surface area contributed by atoms with E-state index in [4.69, 9.17) is 0 Å². The number of carbonyl (C=O) groups is 1. The SMILES string of the molecule is CCCCc1ccc(C)c(C(C)=O)c1. The summed E-state index contributed by atoms with van der Waals surface area (Å²) in [6.45, 7) is 5.80. The molecule has 0 aliphatic heterocycles. The zero-order valence-corrected chi connectivity index (χ0v) is 9.26. The van der Waals surface area contributed by atoms with Crippen LogP contribution in [0.4, 0.5) is 0 Å². The molecular formula is C13H18O. The average molecular weight is 190 g/mol.